The van der Waals surface area contributed by atoms with Gasteiger partial charge in [-0.2, -0.15) is 26.3 Å². The van der Waals surface area contributed by atoms with Crippen LogP contribution < -0.4 is 0 Å². The van der Waals surface area contributed by atoms with Crippen molar-refractivity contribution in [2.45, 2.75) is 109 Å². The SMILES string of the molecule is CCCCCCCCCCCCCCCCOC(=O)c1cc(C(F)(F)F)ccc1C(F)(F)F. The molecule has 1 aromatic carbocycles. The van der Waals surface area contributed by atoms with Gasteiger partial charge in [0.05, 0.1) is 23.3 Å². The van der Waals surface area contributed by atoms with Crippen LogP contribution in [0.3, 0.4) is 0 Å². The van der Waals surface area contributed by atoms with E-state index in [-0.39, 0.29) is 18.7 Å². The van der Waals surface area contributed by atoms with Crippen LogP contribution in [0.25, 0.3) is 0 Å². The van der Waals surface area contributed by atoms with Crippen LogP contribution in [0.2, 0.25) is 0 Å². The average molecular weight is 483 g/mol. The molecule has 0 radical (unpaired) electrons. The van der Waals surface area contributed by atoms with E-state index in [1.54, 1.807) is 0 Å². The molecule has 1 rings (SSSR count). The molecule has 8 heteroatoms. The molecular formula is C25H36F6O2. The summed E-state index contributed by atoms with van der Waals surface area (Å²) in [5.41, 5.74) is -3.86. The first-order valence-corrected chi connectivity index (χ1v) is 12.0. The molecule has 0 saturated heterocycles. The molecule has 0 atom stereocenters. The van der Waals surface area contributed by atoms with E-state index in [0.29, 0.717) is 12.5 Å². The molecule has 0 aliphatic rings. The van der Waals surface area contributed by atoms with Gasteiger partial charge in [0.1, 0.15) is 0 Å². The molecule has 33 heavy (non-hydrogen) atoms. The normalized spacial score (nSPS) is 12.2. The molecule has 0 N–H and O–H groups in total. The Bertz CT molecular complexity index is 682. The van der Waals surface area contributed by atoms with Crippen LogP contribution in [0.4, 0.5) is 26.3 Å². The first-order valence-electron chi connectivity index (χ1n) is 12.0. The van der Waals surface area contributed by atoms with Gasteiger partial charge in [-0.15, -0.1) is 0 Å². The van der Waals surface area contributed by atoms with Crippen molar-refractivity contribution in [1.29, 1.82) is 0 Å². The van der Waals surface area contributed by atoms with Crippen molar-refractivity contribution in [2.24, 2.45) is 0 Å². The van der Waals surface area contributed by atoms with Crippen LogP contribution in [0.5, 0.6) is 0 Å². The van der Waals surface area contributed by atoms with Crippen LogP contribution in [-0.2, 0) is 17.1 Å². The Kier molecular flexibility index (Phi) is 13.5. The molecule has 0 fully saturated rings. The number of unbranched alkanes of at least 4 members (excludes halogenated alkanes) is 13. The first kappa shape index (κ1) is 29.3. The molecule has 2 nitrogen and oxygen atoms in total. The molecule has 0 saturated carbocycles. The number of rotatable bonds is 16. The van der Waals surface area contributed by atoms with Crippen LogP contribution in [0.1, 0.15) is 118 Å². The van der Waals surface area contributed by atoms with Crippen LogP contribution >= 0.6 is 0 Å². The van der Waals surface area contributed by atoms with Crippen molar-refractivity contribution in [3.63, 3.8) is 0 Å². The third kappa shape index (κ3) is 12.3. The molecule has 0 bridgehead atoms. The molecule has 0 heterocycles. The molecular weight excluding hydrogens is 446 g/mol. The predicted molar refractivity (Wildman–Crippen MR) is 117 cm³/mol. The number of halogens is 6. The quantitative estimate of drug-likeness (QED) is 0.133. The summed E-state index contributed by atoms with van der Waals surface area (Å²) in [7, 11) is 0. The van der Waals surface area contributed by atoms with Gasteiger partial charge in [-0.25, -0.2) is 4.79 Å². The van der Waals surface area contributed by atoms with Crippen molar-refractivity contribution in [1.82, 2.24) is 0 Å². The topological polar surface area (TPSA) is 26.3 Å². The van der Waals surface area contributed by atoms with Gasteiger partial charge in [-0.1, -0.05) is 90.4 Å². The Morgan fingerprint density at radius 2 is 1.15 bits per heavy atom. The van der Waals surface area contributed by atoms with Crippen molar-refractivity contribution in [2.75, 3.05) is 6.61 Å². The lowest BCUT2D eigenvalue weighted by molar-refractivity contribution is -0.141. The molecule has 0 spiro atoms. The van der Waals surface area contributed by atoms with Gasteiger partial charge >= 0.3 is 18.3 Å². The van der Waals surface area contributed by atoms with Gasteiger partial charge < -0.3 is 4.74 Å². The Balaban J connectivity index is 2.24. The minimum absolute atomic E-state index is 0.121. The third-order valence-corrected chi connectivity index (χ3v) is 5.60. The average Bonchev–Trinajstić information content (AvgIpc) is 2.74. The number of esters is 1. The summed E-state index contributed by atoms with van der Waals surface area (Å²) in [5, 5.41) is 0. The second-order valence-electron chi connectivity index (χ2n) is 8.49. The number of carbonyl (C=O) groups is 1. The second kappa shape index (κ2) is 15.2. The number of hydrogen-bond acceptors (Lipinski definition) is 2. The number of benzene rings is 1. The lowest BCUT2D eigenvalue weighted by atomic mass is 10.0. The highest BCUT2D eigenvalue weighted by Gasteiger charge is 2.39. The predicted octanol–water partition coefficient (Wildman–Crippen LogP) is 9.36. The smallest absolute Gasteiger partial charge is 0.417 e. The van der Waals surface area contributed by atoms with E-state index in [4.69, 9.17) is 4.74 Å². The zero-order chi connectivity index (χ0) is 24.7. The van der Waals surface area contributed by atoms with Crippen molar-refractivity contribution >= 4 is 5.97 Å². The maximum Gasteiger partial charge on any atom is 0.417 e. The molecule has 0 aliphatic carbocycles. The Hall–Kier alpha value is -1.73. The Labute approximate surface area is 193 Å². The van der Waals surface area contributed by atoms with Gasteiger partial charge in [0.2, 0.25) is 0 Å². The minimum atomic E-state index is -4.95. The van der Waals surface area contributed by atoms with E-state index in [9.17, 15) is 31.1 Å². The van der Waals surface area contributed by atoms with Gasteiger partial charge in [-0.05, 0) is 24.6 Å². The number of alkyl halides is 6. The fraction of sp³-hybridized carbons (Fsp3) is 0.720. The monoisotopic (exact) mass is 482 g/mol. The van der Waals surface area contributed by atoms with E-state index in [2.05, 4.69) is 6.92 Å². The molecule has 0 aliphatic heterocycles. The number of carbonyl (C=O) groups excluding carboxylic acids is 1. The standard InChI is InChI=1S/C25H36F6O2/c1-2-3-4-5-6-7-8-9-10-11-12-13-14-15-18-33-23(32)21-19-20(24(26,27)28)16-17-22(21)25(29,30)31/h16-17,19H,2-15,18H2,1H3. The van der Waals surface area contributed by atoms with Gasteiger partial charge in [-0.3, -0.25) is 0 Å². The van der Waals surface area contributed by atoms with E-state index >= 15 is 0 Å². The summed E-state index contributed by atoms with van der Waals surface area (Å²) in [6, 6.07) is 0.787. The zero-order valence-corrected chi connectivity index (χ0v) is 19.4. The second-order valence-corrected chi connectivity index (χ2v) is 8.49. The van der Waals surface area contributed by atoms with E-state index in [1.807, 2.05) is 0 Å². The summed E-state index contributed by atoms with van der Waals surface area (Å²) in [6.45, 7) is 2.09. The van der Waals surface area contributed by atoms with Crippen LogP contribution in [0.15, 0.2) is 18.2 Å². The van der Waals surface area contributed by atoms with Crippen LogP contribution in [-0.4, -0.2) is 12.6 Å². The van der Waals surface area contributed by atoms with E-state index < -0.39 is 35.0 Å². The zero-order valence-electron chi connectivity index (χ0n) is 19.4. The molecule has 190 valence electrons. The van der Waals surface area contributed by atoms with Gasteiger partial charge in [0.15, 0.2) is 0 Å². The highest BCUT2D eigenvalue weighted by Crippen LogP contribution is 2.36. The maximum absolute atomic E-state index is 13.1. The third-order valence-electron chi connectivity index (χ3n) is 5.60. The Morgan fingerprint density at radius 3 is 1.58 bits per heavy atom. The molecule has 0 aromatic heterocycles. The number of hydrogen-bond donors (Lipinski definition) is 0. The maximum atomic E-state index is 13.1. The number of ether oxygens (including phenoxy) is 1. The van der Waals surface area contributed by atoms with E-state index in [0.717, 1.165) is 25.7 Å². The first-order chi connectivity index (χ1) is 15.6. The van der Waals surface area contributed by atoms with E-state index in [1.165, 1.54) is 57.8 Å². The molecule has 0 amide bonds. The van der Waals surface area contributed by atoms with Crippen molar-refractivity contribution in [3.8, 4) is 0 Å². The van der Waals surface area contributed by atoms with Gasteiger partial charge in [0, 0.05) is 0 Å². The lowest BCUT2D eigenvalue weighted by Crippen LogP contribution is -2.17. The summed E-state index contributed by atoms with van der Waals surface area (Å²) in [5.74, 6) is -1.39. The minimum Gasteiger partial charge on any atom is -0.462 e. The highest BCUT2D eigenvalue weighted by atomic mass is 19.4. The fourth-order valence-electron chi connectivity index (χ4n) is 3.68. The van der Waals surface area contributed by atoms with Crippen molar-refractivity contribution in [3.05, 3.63) is 34.9 Å². The fourth-order valence-corrected chi connectivity index (χ4v) is 3.68. The van der Waals surface area contributed by atoms with Gasteiger partial charge in [0.25, 0.3) is 0 Å². The Morgan fingerprint density at radius 1 is 0.697 bits per heavy atom. The summed E-state index contributed by atoms with van der Waals surface area (Å²) in [6.07, 6.45) is 5.98. The lowest BCUT2D eigenvalue weighted by Gasteiger charge is -2.15. The largest absolute Gasteiger partial charge is 0.462 e. The summed E-state index contributed by atoms with van der Waals surface area (Å²) < 4.78 is 82.5. The van der Waals surface area contributed by atoms with Crippen molar-refractivity contribution < 1.29 is 35.9 Å². The highest BCUT2D eigenvalue weighted by molar-refractivity contribution is 5.91. The molecule has 1 aromatic rings. The molecule has 0 unspecified atom stereocenters. The summed E-state index contributed by atoms with van der Waals surface area (Å²) >= 11 is 0. The summed E-state index contributed by atoms with van der Waals surface area (Å²) in [4.78, 5) is 12.0. The van der Waals surface area contributed by atoms with Crippen LogP contribution in [0, 0.1) is 0 Å².